The van der Waals surface area contributed by atoms with Crippen LogP contribution in [0.1, 0.15) is 0 Å². The Hall–Kier alpha value is -3.20. The minimum Gasteiger partial charge on any atom is -0.368 e. The van der Waals surface area contributed by atoms with Gasteiger partial charge in [-0.15, -0.1) is 0 Å². The minimum atomic E-state index is -0.423. The number of anilines is 2. The molecule has 8 nitrogen and oxygen atoms in total. The van der Waals surface area contributed by atoms with Crippen LogP contribution in [0, 0.1) is 10.1 Å². The van der Waals surface area contributed by atoms with Gasteiger partial charge in [-0.1, -0.05) is 15.9 Å². The quantitative estimate of drug-likeness (QED) is 0.399. The maximum Gasteiger partial charge on any atom is 0.281 e. The molecule has 0 N–H and O–H groups in total. The van der Waals surface area contributed by atoms with Gasteiger partial charge in [-0.05, 0) is 36.4 Å². The lowest BCUT2D eigenvalue weighted by Gasteiger charge is -2.37. The third-order valence-electron chi connectivity index (χ3n) is 5.03. The van der Waals surface area contributed by atoms with E-state index in [1.807, 2.05) is 4.90 Å². The Morgan fingerprint density at radius 3 is 1.97 bits per heavy atom. The molecule has 0 aliphatic carbocycles. The van der Waals surface area contributed by atoms with E-state index in [2.05, 4.69) is 20.8 Å². The summed E-state index contributed by atoms with van der Waals surface area (Å²) in [5.74, 6) is -0.661. The Morgan fingerprint density at radius 1 is 0.828 bits per heavy atom. The molecular formula is C20H17BrN4O4. The molecule has 9 heteroatoms. The predicted molar refractivity (Wildman–Crippen MR) is 112 cm³/mol. The topological polar surface area (TPSA) is 87.0 Å². The van der Waals surface area contributed by atoms with Crippen LogP contribution in [-0.4, -0.2) is 47.8 Å². The Morgan fingerprint density at radius 2 is 1.38 bits per heavy atom. The fourth-order valence-corrected chi connectivity index (χ4v) is 3.77. The number of piperazine rings is 1. The van der Waals surface area contributed by atoms with E-state index in [4.69, 9.17) is 0 Å². The maximum absolute atomic E-state index is 12.9. The summed E-state index contributed by atoms with van der Waals surface area (Å²) in [7, 11) is 0. The molecule has 0 spiro atoms. The molecule has 29 heavy (non-hydrogen) atoms. The van der Waals surface area contributed by atoms with Crippen LogP contribution >= 0.6 is 15.9 Å². The third kappa shape index (κ3) is 3.73. The monoisotopic (exact) mass is 456 g/mol. The number of rotatable bonds is 4. The molecule has 0 aromatic heterocycles. The van der Waals surface area contributed by atoms with Gasteiger partial charge in [0.15, 0.2) is 0 Å². The molecule has 2 aromatic carbocycles. The number of halogens is 1. The van der Waals surface area contributed by atoms with Gasteiger partial charge in [0.1, 0.15) is 5.70 Å². The fraction of sp³-hybridized carbons (Fsp3) is 0.200. The summed E-state index contributed by atoms with van der Waals surface area (Å²) >= 11 is 3.35. The second-order valence-corrected chi connectivity index (χ2v) is 7.65. The zero-order chi connectivity index (χ0) is 20.5. The molecule has 0 unspecified atom stereocenters. The highest BCUT2D eigenvalue weighted by Gasteiger charge is 2.36. The molecule has 148 valence electrons. The SMILES string of the molecule is O=C1C=C(N2CCN(c3ccc([N+](=O)[O-])cc3)CC2)C(=O)N1c1ccc(Br)cc1. The van der Waals surface area contributed by atoms with Crippen LogP contribution in [0.5, 0.6) is 0 Å². The van der Waals surface area contributed by atoms with Crippen molar-refractivity contribution in [2.24, 2.45) is 0 Å². The molecule has 4 rings (SSSR count). The van der Waals surface area contributed by atoms with Crippen molar-refractivity contribution in [1.29, 1.82) is 0 Å². The van der Waals surface area contributed by atoms with E-state index in [1.54, 1.807) is 36.4 Å². The van der Waals surface area contributed by atoms with Gasteiger partial charge in [-0.2, -0.15) is 0 Å². The van der Waals surface area contributed by atoms with E-state index < -0.39 is 4.92 Å². The molecule has 1 fully saturated rings. The highest BCUT2D eigenvalue weighted by Crippen LogP contribution is 2.27. The fourth-order valence-electron chi connectivity index (χ4n) is 3.51. The summed E-state index contributed by atoms with van der Waals surface area (Å²) in [6, 6.07) is 13.5. The number of hydrogen-bond acceptors (Lipinski definition) is 6. The lowest BCUT2D eigenvalue weighted by molar-refractivity contribution is -0.384. The van der Waals surface area contributed by atoms with Crippen molar-refractivity contribution >= 4 is 44.8 Å². The van der Waals surface area contributed by atoms with E-state index in [-0.39, 0.29) is 17.5 Å². The number of benzene rings is 2. The van der Waals surface area contributed by atoms with Crippen molar-refractivity contribution in [2.75, 3.05) is 36.0 Å². The summed E-state index contributed by atoms with van der Waals surface area (Å²) in [5.41, 5.74) is 1.90. The molecule has 0 saturated carbocycles. The number of hydrogen-bond donors (Lipinski definition) is 0. The van der Waals surface area contributed by atoms with Gasteiger partial charge < -0.3 is 9.80 Å². The first-order chi connectivity index (χ1) is 13.9. The number of carbonyl (C=O) groups excluding carboxylic acids is 2. The van der Waals surface area contributed by atoms with Crippen molar-refractivity contribution < 1.29 is 14.5 Å². The number of non-ortho nitro benzene ring substituents is 1. The normalized spacial score (nSPS) is 17.0. The van der Waals surface area contributed by atoms with E-state index in [0.717, 1.165) is 10.2 Å². The second kappa shape index (κ2) is 7.67. The van der Waals surface area contributed by atoms with E-state index >= 15 is 0 Å². The van der Waals surface area contributed by atoms with E-state index in [9.17, 15) is 19.7 Å². The summed E-state index contributed by atoms with van der Waals surface area (Å²) in [6.07, 6.45) is 1.39. The van der Waals surface area contributed by atoms with Gasteiger partial charge in [-0.3, -0.25) is 19.7 Å². The van der Waals surface area contributed by atoms with Gasteiger partial charge >= 0.3 is 0 Å². The highest BCUT2D eigenvalue weighted by molar-refractivity contribution is 9.10. The molecule has 0 bridgehead atoms. The van der Waals surface area contributed by atoms with Gasteiger partial charge in [0.25, 0.3) is 17.5 Å². The molecule has 1 saturated heterocycles. The van der Waals surface area contributed by atoms with E-state index in [1.165, 1.54) is 23.1 Å². The maximum atomic E-state index is 12.9. The number of nitrogens with zero attached hydrogens (tertiary/aromatic N) is 4. The molecule has 2 heterocycles. The highest BCUT2D eigenvalue weighted by atomic mass is 79.9. The lowest BCUT2D eigenvalue weighted by Crippen LogP contribution is -2.47. The number of carbonyl (C=O) groups is 2. The zero-order valence-corrected chi connectivity index (χ0v) is 16.9. The summed E-state index contributed by atoms with van der Waals surface area (Å²) in [4.78, 5) is 40.9. The van der Waals surface area contributed by atoms with Crippen LogP contribution in [-0.2, 0) is 9.59 Å². The average Bonchev–Trinajstić information content (AvgIpc) is 3.03. The first-order valence-corrected chi connectivity index (χ1v) is 9.83. The Labute approximate surface area is 175 Å². The van der Waals surface area contributed by atoms with Crippen molar-refractivity contribution in [3.05, 3.63) is 74.9 Å². The first kappa shape index (κ1) is 19.1. The summed E-state index contributed by atoms with van der Waals surface area (Å²) in [5, 5.41) is 10.8. The molecule has 2 amide bonds. The average molecular weight is 457 g/mol. The number of nitro benzene ring substituents is 1. The molecule has 2 aliphatic rings. The standard InChI is InChI=1S/C20H17BrN4O4/c21-14-1-3-16(4-2-14)24-19(26)13-18(20(24)27)23-11-9-22(10-12-23)15-5-7-17(8-6-15)25(28)29/h1-8,13H,9-12H2. The van der Waals surface area contributed by atoms with Gasteiger partial charge in [0.2, 0.25) is 0 Å². The second-order valence-electron chi connectivity index (χ2n) is 6.73. The number of amides is 2. The van der Waals surface area contributed by atoms with Gasteiger partial charge in [0.05, 0.1) is 10.6 Å². The van der Waals surface area contributed by atoms with E-state index in [0.29, 0.717) is 37.6 Å². The minimum absolute atomic E-state index is 0.0561. The predicted octanol–water partition coefficient (Wildman–Crippen LogP) is 2.94. The number of imide groups is 1. The Kier molecular flexibility index (Phi) is 5.06. The molecule has 2 aliphatic heterocycles. The Bertz CT molecular complexity index is 996. The van der Waals surface area contributed by atoms with Crippen LogP contribution < -0.4 is 9.80 Å². The largest absolute Gasteiger partial charge is 0.368 e. The van der Waals surface area contributed by atoms with Crippen molar-refractivity contribution in [3.8, 4) is 0 Å². The Balaban J connectivity index is 1.42. The van der Waals surface area contributed by atoms with Crippen LogP contribution in [0.2, 0.25) is 0 Å². The first-order valence-electron chi connectivity index (χ1n) is 9.04. The molecular weight excluding hydrogens is 440 g/mol. The molecule has 0 radical (unpaired) electrons. The van der Waals surface area contributed by atoms with Crippen LogP contribution in [0.15, 0.2) is 64.8 Å². The molecule has 0 atom stereocenters. The van der Waals surface area contributed by atoms with Crippen LogP contribution in [0.4, 0.5) is 17.1 Å². The van der Waals surface area contributed by atoms with Crippen LogP contribution in [0.25, 0.3) is 0 Å². The lowest BCUT2D eigenvalue weighted by atomic mass is 10.2. The van der Waals surface area contributed by atoms with Gasteiger partial charge in [0, 0.05) is 54.5 Å². The van der Waals surface area contributed by atoms with Gasteiger partial charge in [-0.25, -0.2) is 4.90 Å². The smallest absolute Gasteiger partial charge is 0.281 e. The molecule has 2 aromatic rings. The van der Waals surface area contributed by atoms with Crippen molar-refractivity contribution in [3.63, 3.8) is 0 Å². The summed E-state index contributed by atoms with van der Waals surface area (Å²) in [6.45, 7) is 2.45. The van der Waals surface area contributed by atoms with Crippen LogP contribution in [0.3, 0.4) is 0 Å². The summed E-state index contributed by atoms with van der Waals surface area (Å²) < 4.78 is 0.871. The third-order valence-corrected chi connectivity index (χ3v) is 5.56. The van der Waals surface area contributed by atoms with Crippen molar-refractivity contribution in [1.82, 2.24) is 4.90 Å². The zero-order valence-electron chi connectivity index (χ0n) is 15.3. The number of nitro groups is 1. The van der Waals surface area contributed by atoms with Crippen molar-refractivity contribution in [2.45, 2.75) is 0 Å².